The number of halogens is 3. The molecule has 0 bridgehead atoms. The van der Waals surface area contributed by atoms with Gasteiger partial charge in [0.25, 0.3) is 0 Å². The summed E-state index contributed by atoms with van der Waals surface area (Å²) in [5.74, 6) is 1.12. The standard InChI is InChI=1S/C35H39F3O/c1-2-3-22-4-6-23(7-5-22)24-8-12-26(13-9-24)29-17-16-28(20-32(29)36)25-10-14-27(15-11-25)30-18-19-31(33-21-39-33)35(38)34(30)37/h10-11,14-20,22-24,26,33H,2-9,12-13,21H2,1H3. The van der Waals surface area contributed by atoms with Gasteiger partial charge in [0.15, 0.2) is 11.6 Å². The second-order valence-corrected chi connectivity index (χ2v) is 12.1. The summed E-state index contributed by atoms with van der Waals surface area (Å²) in [5.41, 5.74) is 3.58. The fourth-order valence-corrected chi connectivity index (χ4v) is 7.40. The number of ether oxygens (including phenoxy) is 1. The molecule has 2 saturated carbocycles. The van der Waals surface area contributed by atoms with E-state index in [1.807, 2.05) is 24.3 Å². The van der Waals surface area contributed by atoms with Crippen molar-refractivity contribution in [3.8, 4) is 22.3 Å². The van der Waals surface area contributed by atoms with E-state index in [-0.39, 0.29) is 23.0 Å². The summed E-state index contributed by atoms with van der Waals surface area (Å²) in [4.78, 5) is 0. The fourth-order valence-electron chi connectivity index (χ4n) is 7.40. The van der Waals surface area contributed by atoms with E-state index >= 15 is 4.39 Å². The first-order chi connectivity index (χ1) is 19.0. The Hall–Kier alpha value is -2.59. The summed E-state index contributed by atoms with van der Waals surface area (Å²) in [6.45, 7) is 2.73. The highest BCUT2D eigenvalue weighted by Crippen LogP contribution is 2.45. The Morgan fingerprint density at radius 2 is 1.26 bits per heavy atom. The van der Waals surface area contributed by atoms with Crippen molar-refractivity contribution in [3.63, 3.8) is 0 Å². The van der Waals surface area contributed by atoms with Gasteiger partial charge >= 0.3 is 0 Å². The van der Waals surface area contributed by atoms with Crippen LogP contribution in [0.5, 0.6) is 0 Å². The van der Waals surface area contributed by atoms with Crippen molar-refractivity contribution < 1.29 is 17.9 Å². The second-order valence-electron chi connectivity index (χ2n) is 12.1. The van der Waals surface area contributed by atoms with E-state index in [9.17, 15) is 8.78 Å². The highest BCUT2D eigenvalue weighted by atomic mass is 19.2. The van der Waals surface area contributed by atoms with Crippen LogP contribution in [0.3, 0.4) is 0 Å². The zero-order chi connectivity index (χ0) is 26.9. The molecule has 3 fully saturated rings. The Balaban J connectivity index is 1.09. The summed E-state index contributed by atoms with van der Waals surface area (Å²) in [6, 6.07) is 16.0. The maximum atomic E-state index is 15.3. The molecule has 2 aliphatic carbocycles. The van der Waals surface area contributed by atoms with Crippen LogP contribution < -0.4 is 0 Å². The van der Waals surface area contributed by atoms with Crippen molar-refractivity contribution in [1.29, 1.82) is 0 Å². The Morgan fingerprint density at radius 1 is 0.667 bits per heavy atom. The molecule has 1 atom stereocenters. The van der Waals surface area contributed by atoms with E-state index in [1.54, 1.807) is 30.3 Å². The Morgan fingerprint density at radius 3 is 1.87 bits per heavy atom. The highest BCUT2D eigenvalue weighted by molar-refractivity contribution is 5.71. The normalized spacial score (nSPS) is 26.9. The highest BCUT2D eigenvalue weighted by Gasteiger charge is 2.32. The molecule has 1 aliphatic heterocycles. The summed E-state index contributed by atoms with van der Waals surface area (Å²) in [7, 11) is 0. The summed E-state index contributed by atoms with van der Waals surface area (Å²) >= 11 is 0. The summed E-state index contributed by atoms with van der Waals surface area (Å²) < 4.78 is 49.6. The molecule has 4 heteroatoms. The van der Waals surface area contributed by atoms with Gasteiger partial charge in [0.1, 0.15) is 11.9 Å². The van der Waals surface area contributed by atoms with Gasteiger partial charge in [-0.05, 0) is 90.5 Å². The molecule has 3 aliphatic rings. The molecule has 3 aromatic carbocycles. The van der Waals surface area contributed by atoms with E-state index in [0.29, 0.717) is 18.1 Å². The molecule has 39 heavy (non-hydrogen) atoms. The zero-order valence-electron chi connectivity index (χ0n) is 22.9. The van der Waals surface area contributed by atoms with E-state index in [0.717, 1.165) is 47.3 Å². The zero-order valence-corrected chi connectivity index (χ0v) is 22.9. The van der Waals surface area contributed by atoms with Crippen LogP contribution in [0.15, 0.2) is 54.6 Å². The van der Waals surface area contributed by atoms with Crippen LogP contribution >= 0.6 is 0 Å². The lowest BCUT2D eigenvalue weighted by atomic mass is 9.68. The molecule has 0 amide bonds. The van der Waals surface area contributed by atoms with Crippen molar-refractivity contribution >= 4 is 0 Å². The van der Waals surface area contributed by atoms with Crippen LogP contribution in [0, 0.1) is 35.2 Å². The van der Waals surface area contributed by atoms with Gasteiger partial charge in [-0.2, -0.15) is 0 Å². The quantitative estimate of drug-likeness (QED) is 0.276. The minimum absolute atomic E-state index is 0.133. The van der Waals surface area contributed by atoms with Crippen LogP contribution in [-0.2, 0) is 4.74 Å². The molecule has 3 aromatic rings. The maximum absolute atomic E-state index is 15.3. The number of rotatable bonds is 7. The summed E-state index contributed by atoms with van der Waals surface area (Å²) in [5, 5.41) is 0. The second kappa shape index (κ2) is 11.5. The molecule has 0 aromatic heterocycles. The van der Waals surface area contributed by atoms with Gasteiger partial charge in [0.05, 0.1) is 6.61 Å². The molecule has 206 valence electrons. The summed E-state index contributed by atoms with van der Waals surface area (Å²) in [6.07, 6.45) is 12.6. The number of hydrogen-bond donors (Lipinski definition) is 0. The van der Waals surface area contributed by atoms with Gasteiger partial charge in [-0.1, -0.05) is 81.1 Å². The Labute approximate surface area is 230 Å². The smallest absolute Gasteiger partial charge is 0.167 e. The maximum Gasteiger partial charge on any atom is 0.167 e. The van der Waals surface area contributed by atoms with Gasteiger partial charge in [0, 0.05) is 11.1 Å². The van der Waals surface area contributed by atoms with E-state index in [4.69, 9.17) is 4.74 Å². The van der Waals surface area contributed by atoms with Crippen LogP contribution in [0.25, 0.3) is 22.3 Å². The van der Waals surface area contributed by atoms with Crippen molar-refractivity contribution in [1.82, 2.24) is 0 Å². The molecular weight excluding hydrogens is 493 g/mol. The van der Waals surface area contributed by atoms with Gasteiger partial charge in [-0.15, -0.1) is 0 Å². The number of epoxide rings is 1. The monoisotopic (exact) mass is 532 g/mol. The third-order valence-electron chi connectivity index (χ3n) is 9.79. The minimum atomic E-state index is -0.856. The molecular formula is C35H39F3O. The van der Waals surface area contributed by atoms with Crippen LogP contribution in [0.1, 0.15) is 94.3 Å². The van der Waals surface area contributed by atoms with E-state index in [1.165, 1.54) is 51.4 Å². The lowest BCUT2D eigenvalue weighted by Gasteiger charge is -2.38. The third-order valence-corrected chi connectivity index (χ3v) is 9.79. The topological polar surface area (TPSA) is 12.5 Å². The van der Waals surface area contributed by atoms with Gasteiger partial charge in [0.2, 0.25) is 0 Å². The van der Waals surface area contributed by atoms with Crippen molar-refractivity contribution in [2.24, 2.45) is 17.8 Å². The minimum Gasteiger partial charge on any atom is -0.368 e. The SMILES string of the molecule is CCCC1CCC(C2CCC(c3ccc(-c4ccc(-c5ccc(C6CO6)c(F)c5F)cc4)cc3F)CC2)CC1. The van der Waals surface area contributed by atoms with E-state index < -0.39 is 11.6 Å². The molecule has 6 rings (SSSR count). The first kappa shape index (κ1) is 26.6. The van der Waals surface area contributed by atoms with Crippen molar-refractivity contribution in [2.45, 2.75) is 83.2 Å². The average Bonchev–Trinajstić information content (AvgIpc) is 3.81. The van der Waals surface area contributed by atoms with Gasteiger partial charge < -0.3 is 4.74 Å². The van der Waals surface area contributed by atoms with Crippen LogP contribution in [0.4, 0.5) is 13.2 Å². The first-order valence-corrected chi connectivity index (χ1v) is 15.0. The molecule has 1 unspecified atom stereocenters. The lowest BCUT2D eigenvalue weighted by molar-refractivity contribution is 0.156. The molecule has 1 heterocycles. The largest absolute Gasteiger partial charge is 0.368 e. The molecule has 0 spiro atoms. The third kappa shape index (κ3) is 5.68. The molecule has 0 radical (unpaired) electrons. The van der Waals surface area contributed by atoms with Gasteiger partial charge in [-0.25, -0.2) is 13.2 Å². The number of hydrogen-bond acceptors (Lipinski definition) is 1. The Kier molecular flexibility index (Phi) is 7.84. The lowest BCUT2D eigenvalue weighted by Crippen LogP contribution is -2.25. The fraction of sp³-hybridized carbons (Fsp3) is 0.486. The Bertz CT molecular complexity index is 1280. The predicted octanol–water partition coefficient (Wildman–Crippen LogP) is 10.4. The van der Waals surface area contributed by atoms with E-state index in [2.05, 4.69) is 6.92 Å². The van der Waals surface area contributed by atoms with Crippen molar-refractivity contribution in [2.75, 3.05) is 6.61 Å². The van der Waals surface area contributed by atoms with Crippen molar-refractivity contribution in [3.05, 3.63) is 83.2 Å². The predicted molar refractivity (Wildman–Crippen MR) is 151 cm³/mol. The molecule has 0 N–H and O–H groups in total. The molecule has 1 saturated heterocycles. The molecule has 1 nitrogen and oxygen atoms in total. The first-order valence-electron chi connectivity index (χ1n) is 15.0. The number of benzene rings is 3. The van der Waals surface area contributed by atoms with Crippen LogP contribution in [-0.4, -0.2) is 6.61 Å². The average molecular weight is 533 g/mol. The van der Waals surface area contributed by atoms with Crippen LogP contribution in [0.2, 0.25) is 0 Å². The van der Waals surface area contributed by atoms with Gasteiger partial charge in [-0.3, -0.25) is 0 Å².